The Kier molecular flexibility index (Phi) is 9.52. The molecule has 39 heavy (non-hydrogen) atoms. The van der Waals surface area contributed by atoms with E-state index in [2.05, 4.69) is 4.74 Å². The Morgan fingerprint density at radius 3 is 2.31 bits per heavy atom. The lowest BCUT2D eigenvalue weighted by Crippen LogP contribution is -2.48. The highest BCUT2D eigenvalue weighted by atomic mass is 32.1. The molecule has 5 N–H and O–H groups in total. The van der Waals surface area contributed by atoms with Gasteiger partial charge in [-0.2, -0.15) is 13.2 Å². The molecule has 0 spiro atoms. The standard InChI is InChI=1S/C23H21F4N3O8S/c1-22(2,20(35)30-13(18(32)33)8-16(31)38-21(36)23(25,26)27)9-11-4-6-15(39-11)19(34)37-14-5-3-10(17(28)29)7-12(14)24/h3-7,13H,8-9H2,1-2H3,(H3,28,29)(H,30,35)(H,32,33)/t13-/m0/s1. The monoisotopic (exact) mass is 575 g/mol. The van der Waals surface area contributed by atoms with Crippen molar-refractivity contribution >= 4 is 47.0 Å². The topological polar surface area (TPSA) is 186 Å². The predicted molar refractivity (Wildman–Crippen MR) is 126 cm³/mol. The molecule has 1 heterocycles. The van der Waals surface area contributed by atoms with E-state index < -0.39 is 65.4 Å². The van der Waals surface area contributed by atoms with Crippen LogP contribution in [-0.2, 0) is 30.3 Å². The lowest BCUT2D eigenvalue weighted by atomic mass is 9.87. The molecule has 0 bridgehead atoms. The van der Waals surface area contributed by atoms with Crippen LogP contribution in [0.4, 0.5) is 17.6 Å². The van der Waals surface area contributed by atoms with Gasteiger partial charge in [0.25, 0.3) is 0 Å². The molecule has 0 radical (unpaired) electrons. The number of hydrogen-bond donors (Lipinski definition) is 4. The number of rotatable bonds is 10. The first kappa shape index (κ1) is 30.9. The van der Waals surface area contributed by atoms with Crippen LogP contribution < -0.4 is 15.8 Å². The van der Waals surface area contributed by atoms with Crippen LogP contribution in [0.1, 0.15) is 40.4 Å². The summed E-state index contributed by atoms with van der Waals surface area (Å²) in [5.74, 6) is -9.94. The Bertz CT molecular complexity index is 1320. The fourth-order valence-corrected chi connectivity index (χ4v) is 4.04. The van der Waals surface area contributed by atoms with Crippen molar-refractivity contribution in [2.75, 3.05) is 0 Å². The van der Waals surface area contributed by atoms with Crippen LogP contribution in [0.15, 0.2) is 30.3 Å². The Labute approximate surface area is 221 Å². The summed E-state index contributed by atoms with van der Waals surface area (Å²) in [6, 6.07) is 4.16. The molecule has 2 aromatic rings. The molecule has 0 aliphatic rings. The van der Waals surface area contributed by atoms with Gasteiger partial charge >= 0.3 is 30.1 Å². The quantitative estimate of drug-likeness (QED) is 0.0825. The number of amidine groups is 1. The van der Waals surface area contributed by atoms with Gasteiger partial charge in [0.05, 0.1) is 6.42 Å². The second kappa shape index (κ2) is 12.0. The van der Waals surface area contributed by atoms with Gasteiger partial charge in [0.15, 0.2) is 11.6 Å². The van der Waals surface area contributed by atoms with Gasteiger partial charge in [-0.15, -0.1) is 11.3 Å². The van der Waals surface area contributed by atoms with Crippen LogP contribution in [0.3, 0.4) is 0 Å². The van der Waals surface area contributed by atoms with Crippen LogP contribution in [0.2, 0.25) is 0 Å². The van der Waals surface area contributed by atoms with Crippen LogP contribution in [0.25, 0.3) is 0 Å². The Hall–Kier alpha value is -4.34. The number of nitrogens with one attached hydrogen (secondary N) is 2. The average Bonchev–Trinajstić information content (AvgIpc) is 3.26. The van der Waals surface area contributed by atoms with Gasteiger partial charge in [0.2, 0.25) is 5.91 Å². The number of carbonyl (C=O) groups excluding carboxylic acids is 4. The van der Waals surface area contributed by atoms with Crippen molar-refractivity contribution in [3.63, 3.8) is 0 Å². The van der Waals surface area contributed by atoms with E-state index in [1.807, 2.05) is 5.32 Å². The summed E-state index contributed by atoms with van der Waals surface area (Å²) in [5, 5.41) is 18.6. The summed E-state index contributed by atoms with van der Waals surface area (Å²) in [5.41, 5.74) is 4.02. The number of alkyl halides is 3. The summed E-state index contributed by atoms with van der Waals surface area (Å²) in [7, 11) is 0. The second-order valence-electron chi connectivity index (χ2n) is 8.60. The minimum atomic E-state index is -5.47. The van der Waals surface area contributed by atoms with Gasteiger partial charge < -0.3 is 25.6 Å². The molecule has 0 saturated carbocycles. The zero-order valence-corrected chi connectivity index (χ0v) is 21.0. The molecule has 210 valence electrons. The summed E-state index contributed by atoms with van der Waals surface area (Å²) in [6.07, 6.45) is -6.78. The number of carboxylic acid groups (broad SMARTS) is 1. The maximum atomic E-state index is 14.1. The predicted octanol–water partition coefficient (Wildman–Crippen LogP) is 2.55. The van der Waals surface area contributed by atoms with Gasteiger partial charge in [-0.05, 0) is 36.8 Å². The van der Waals surface area contributed by atoms with Crippen molar-refractivity contribution in [2.45, 2.75) is 38.9 Å². The molecule has 0 fully saturated rings. The highest BCUT2D eigenvalue weighted by Crippen LogP contribution is 2.29. The molecule has 0 saturated heterocycles. The molecule has 1 amide bonds. The van der Waals surface area contributed by atoms with Gasteiger partial charge in [-0.25, -0.2) is 18.8 Å². The van der Waals surface area contributed by atoms with E-state index >= 15 is 0 Å². The highest BCUT2D eigenvalue weighted by Gasteiger charge is 2.43. The van der Waals surface area contributed by atoms with Gasteiger partial charge in [-0.1, -0.05) is 13.8 Å². The third-order valence-electron chi connectivity index (χ3n) is 4.95. The SMILES string of the molecule is CC(C)(Cc1ccc(C(=O)Oc2ccc(C(=N)N)cc2F)s1)C(=O)N[C@@H](CC(=O)OC(=O)C(F)(F)F)C(=O)O. The number of hydrogen-bond acceptors (Lipinski definition) is 9. The molecule has 16 heteroatoms. The molecular formula is C23H21F4N3O8S. The van der Waals surface area contributed by atoms with E-state index in [4.69, 9.17) is 15.9 Å². The summed E-state index contributed by atoms with van der Waals surface area (Å²) < 4.78 is 59.4. The summed E-state index contributed by atoms with van der Waals surface area (Å²) >= 11 is 0.898. The van der Waals surface area contributed by atoms with Crippen LogP contribution in [0, 0.1) is 16.6 Å². The van der Waals surface area contributed by atoms with E-state index in [9.17, 15) is 46.6 Å². The number of thiophene rings is 1. The van der Waals surface area contributed by atoms with E-state index in [1.165, 1.54) is 32.0 Å². The van der Waals surface area contributed by atoms with Crippen LogP contribution in [0.5, 0.6) is 5.75 Å². The molecular weight excluding hydrogens is 554 g/mol. The first-order valence-electron chi connectivity index (χ1n) is 10.7. The first-order chi connectivity index (χ1) is 17.9. The third-order valence-corrected chi connectivity index (χ3v) is 6.02. The Morgan fingerprint density at radius 2 is 1.77 bits per heavy atom. The fraction of sp³-hybridized carbons (Fsp3) is 0.304. The van der Waals surface area contributed by atoms with Crippen molar-refractivity contribution in [1.29, 1.82) is 5.41 Å². The number of nitrogen functional groups attached to an aromatic ring is 1. The zero-order valence-electron chi connectivity index (χ0n) is 20.2. The fourth-order valence-electron chi connectivity index (χ4n) is 2.92. The molecule has 0 unspecified atom stereocenters. The number of halogens is 4. The van der Waals surface area contributed by atoms with Crippen molar-refractivity contribution < 1.29 is 56.1 Å². The van der Waals surface area contributed by atoms with E-state index in [0.717, 1.165) is 23.5 Å². The number of carbonyl (C=O) groups is 5. The van der Waals surface area contributed by atoms with Crippen molar-refractivity contribution in [2.24, 2.45) is 11.1 Å². The second-order valence-corrected chi connectivity index (χ2v) is 9.77. The van der Waals surface area contributed by atoms with Crippen molar-refractivity contribution in [1.82, 2.24) is 5.32 Å². The summed E-state index contributed by atoms with van der Waals surface area (Å²) in [6.45, 7) is 2.80. The molecule has 0 aliphatic heterocycles. The maximum Gasteiger partial charge on any atom is 0.491 e. The zero-order chi connectivity index (χ0) is 29.7. The number of nitrogens with two attached hydrogens (primary N) is 1. The smallest absolute Gasteiger partial charge is 0.480 e. The van der Waals surface area contributed by atoms with E-state index in [1.54, 1.807) is 0 Å². The van der Waals surface area contributed by atoms with Crippen LogP contribution in [-0.4, -0.2) is 52.9 Å². The van der Waals surface area contributed by atoms with Crippen molar-refractivity contribution in [3.05, 3.63) is 51.5 Å². The van der Waals surface area contributed by atoms with E-state index in [0.29, 0.717) is 4.88 Å². The highest BCUT2D eigenvalue weighted by molar-refractivity contribution is 7.14. The number of benzene rings is 1. The molecule has 2 rings (SSSR count). The lowest BCUT2D eigenvalue weighted by Gasteiger charge is -2.25. The maximum absolute atomic E-state index is 14.1. The molecule has 1 aromatic carbocycles. The van der Waals surface area contributed by atoms with Gasteiger partial charge in [0, 0.05) is 15.9 Å². The Balaban J connectivity index is 2.04. The van der Waals surface area contributed by atoms with Crippen molar-refractivity contribution in [3.8, 4) is 5.75 Å². The Morgan fingerprint density at radius 1 is 1.13 bits per heavy atom. The van der Waals surface area contributed by atoms with E-state index in [-0.39, 0.29) is 22.7 Å². The first-order valence-corrected chi connectivity index (χ1v) is 11.5. The minimum Gasteiger partial charge on any atom is -0.480 e. The largest absolute Gasteiger partial charge is 0.491 e. The number of amides is 1. The normalized spacial score (nSPS) is 12.3. The lowest BCUT2D eigenvalue weighted by molar-refractivity contribution is -0.202. The molecule has 0 aliphatic carbocycles. The number of esters is 3. The average molecular weight is 575 g/mol. The van der Waals surface area contributed by atoms with Gasteiger partial charge in [0.1, 0.15) is 16.8 Å². The summed E-state index contributed by atoms with van der Waals surface area (Å²) in [4.78, 5) is 59.4. The van der Waals surface area contributed by atoms with Gasteiger partial charge in [-0.3, -0.25) is 15.0 Å². The number of carboxylic acids is 1. The molecule has 1 atom stereocenters. The minimum absolute atomic E-state index is 0.0387. The molecule has 1 aromatic heterocycles. The number of ether oxygens (including phenoxy) is 2. The van der Waals surface area contributed by atoms with Crippen LogP contribution >= 0.6 is 11.3 Å². The third kappa shape index (κ3) is 8.59. The molecule has 11 nitrogen and oxygen atoms in total. The number of aliphatic carboxylic acids is 1.